The summed E-state index contributed by atoms with van der Waals surface area (Å²) in [6.45, 7) is 0.760. The maximum atomic E-state index is 12.9. The molecular weight excluding hydrogens is 443 g/mol. The third kappa shape index (κ3) is 1.75. The standard InChI is InChI=1S/C14H11Cl6NO3/c15-8-9(16)13(18)7-6(12(8,17)14(13,19)20)10(22)21(11(7)23)4-5-2-1-3-24-5/h5-7H,1-4H2. The molecule has 4 nitrogen and oxygen atoms in total. The Bertz CT molecular complexity index is 644. The van der Waals surface area contributed by atoms with E-state index in [9.17, 15) is 9.59 Å². The molecule has 5 unspecified atom stereocenters. The zero-order valence-electron chi connectivity index (χ0n) is 12.0. The van der Waals surface area contributed by atoms with Gasteiger partial charge in [-0.25, -0.2) is 0 Å². The smallest absolute Gasteiger partial charge is 0.235 e. The lowest BCUT2D eigenvalue weighted by Gasteiger charge is -2.34. The van der Waals surface area contributed by atoms with Gasteiger partial charge in [0.15, 0.2) is 4.33 Å². The van der Waals surface area contributed by atoms with Gasteiger partial charge in [0, 0.05) is 6.61 Å². The number of ether oxygens (including phenoxy) is 1. The second kappa shape index (κ2) is 5.31. The monoisotopic (exact) mass is 451 g/mol. The van der Waals surface area contributed by atoms with Crippen LogP contribution in [0.3, 0.4) is 0 Å². The summed E-state index contributed by atoms with van der Waals surface area (Å²) < 4.78 is 3.63. The third-order valence-electron chi connectivity index (χ3n) is 5.41. The van der Waals surface area contributed by atoms with Gasteiger partial charge >= 0.3 is 0 Å². The quantitative estimate of drug-likeness (QED) is 0.474. The molecule has 2 heterocycles. The largest absolute Gasteiger partial charge is 0.376 e. The van der Waals surface area contributed by atoms with Crippen LogP contribution >= 0.6 is 69.6 Å². The molecule has 24 heavy (non-hydrogen) atoms. The molecule has 2 bridgehead atoms. The highest BCUT2D eigenvalue weighted by atomic mass is 35.5. The fraction of sp³-hybridized carbons (Fsp3) is 0.714. The summed E-state index contributed by atoms with van der Waals surface area (Å²) in [5, 5.41) is -0.153. The topological polar surface area (TPSA) is 46.6 Å². The number of hydrogen-bond acceptors (Lipinski definition) is 3. The first-order valence-electron chi connectivity index (χ1n) is 7.38. The highest BCUT2D eigenvalue weighted by Crippen LogP contribution is 2.77. The van der Waals surface area contributed by atoms with Gasteiger partial charge in [-0.2, -0.15) is 0 Å². The number of likely N-dealkylation sites (tertiary alicyclic amines) is 1. The zero-order chi connectivity index (χ0) is 17.7. The molecular formula is C14H11Cl6NO3. The molecule has 0 radical (unpaired) electrons. The molecule has 132 valence electrons. The number of amides is 2. The lowest BCUT2D eigenvalue weighted by molar-refractivity contribution is -0.142. The lowest BCUT2D eigenvalue weighted by atomic mass is 9.84. The Morgan fingerprint density at radius 2 is 1.50 bits per heavy atom. The maximum absolute atomic E-state index is 12.9. The molecule has 3 fully saturated rings. The van der Waals surface area contributed by atoms with Crippen LogP contribution < -0.4 is 0 Å². The maximum Gasteiger partial charge on any atom is 0.235 e. The summed E-state index contributed by atoms with van der Waals surface area (Å²) >= 11 is 38.5. The molecule has 0 spiro atoms. The summed E-state index contributed by atoms with van der Waals surface area (Å²) in [4.78, 5) is 23.5. The number of rotatable bonds is 2. The summed E-state index contributed by atoms with van der Waals surface area (Å²) in [6, 6.07) is 0. The lowest BCUT2D eigenvalue weighted by Crippen LogP contribution is -2.50. The average Bonchev–Trinajstić information content (AvgIpc) is 3.17. The van der Waals surface area contributed by atoms with E-state index in [1.807, 2.05) is 0 Å². The zero-order valence-corrected chi connectivity index (χ0v) is 16.5. The number of imide groups is 1. The minimum Gasteiger partial charge on any atom is -0.376 e. The highest BCUT2D eigenvalue weighted by molar-refractivity contribution is 6.66. The number of carbonyl (C=O) groups is 2. The van der Waals surface area contributed by atoms with Gasteiger partial charge in [0.25, 0.3) is 0 Å². The number of alkyl halides is 4. The van der Waals surface area contributed by atoms with Gasteiger partial charge in [-0.15, -0.1) is 23.2 Å². The van der Waals surface area contributed by atoms with E-state index in [-0.39, 0.29) is 22.7 Å². The van der Waals surface area contributed by atoms with Crippen LogP contribution in [-0.2, 0) is 14.3 Å². The first-order valence-corrected chi connectivity index (χ1v) is 9.65. The van der Waals surface area contributed by atoms with Gasteiger partial charge in [0.1, 0.15) is 9.75 Å². The van der Waals surface area contributed by atoms with Gasteiger partial charge in [0.2, 0.25) is 11.8 Å². The second-order valence-electron chi connectivity index (χ2n) is 6.50. The van der Waals surface area contributed by atoms with Crippen LogP contribution in [0.15, 0.2) is 10.1 Å². The summed E-state index contributed by atoms with van der Waals surface area (Å²) in [6.07, 6.45) is 1.47. The molecule has 2 saturated heterocycles. The minimum absolute atomic E-state index is 0.0767. The molecule has 2 aliphatic heterocycles. The molecule has 0 N–H and O–H groups in total. The Morgan fingerprint density at radius 3 is 1.92 bits per heavy atom. The van der Waals surface area contributed by atoms with E-state index in [2.05, 4.69) is 0 Å². The number of fused-ring (bicyclic) bond motifs is 5. The Balaban J connectivity index is 1.78. The first-order chi connectivity index (χ1) is 11.1. The predicted octanol–water partition coefficient (Wildman–Crippen LogP) is 3.61. The second-order valence-corrected chi connectivity index (χ2v) is 9.78. The molecule has 0 aromatic heterocycles. The van der Waals surface area contributed by atoms with Crippen LogP contribution in [0.2, 0.25) is 0 Å². The van der Waals surface area contributed by atoms with Crippen molar-refractivity contribution in [3.8, 4) is 0 Å². The van der Waals surface area contributed by atoms with Crippen LogP contribution in [0.1, 0.15) is 12.8 Å². The number of nitrogens with zero attached hydrogens (tertiary/aromatic N) is 1. The van der Waals surface area contributed by atoms with Crippen LogP contribution in [0.4, 0.5) is 0 Å². The van der Waals surface area contributed by atoms with E-state index >= 15 is 0 Å². The van der Waals surface area contributed by atoms with Gasteiger partial charge in [0.05, 0.1) is 34.5 Å². The fourth-order valence-electron chi connectivity index (χ4n) is 4.22. The van der Waals surface area contributed by atoms with Crippen molar-refractivity contribution in [2.24, 2.45) is 11.8 Å². The molecule has 1 saturated carbocycles. The normalized spacial score (nSPS) is 46.4. The number of carbonyl (C=O) groups excluding carboxylic acids is 2. The van der Waals surface area contributed by atoms with E-state index in [1.165, 1.54) is 0 Å². The molecule has 2 aliphatic carbocycles. The number of allylic oxidation sites excluding steroid dienone is 2. The van der Waals surface area contributed by atoms with Crippen molar-refractivity contribution < 1.29 is 14.3 Å². The Hall–Kier alpha value is 0.580. The summed E-state index contributed by atoms with van der Waals surface area (Å²) in [5.74, 6) is -3.11. The van der Waals surface area contributed by atoms with Crippen LogP contribution in [0, 0.1) is 11.8 Å². The highest BCUT2D eigenvalue weighted by Gasteiger charge is 2.87. The van der Waals surface area contributed by atoms with Crippen LogP contribution in [0.25, 0.3) is 0 Å². The van der Waals surface area contributed by atoms with Gasteiger partial charge in [-0.1, -0.05) is 46.4 Å². The molecule has 4 rings (SSSR count). The van der Waals surface area contributed by atoms with E-state index in [4.69, 9.17) is 74.3 Å². The van der Waals surface area contributed by atoms with Crippen molar-refractivity contribution in [1.29, 1.82) is 0 Å². The Labute approximate surface area is 168 Å². The van der Waals surface area contributed by atoms with E-state index < -0.39 is 37.7 Å². The molecule has 0 aromatic carbocycles. The number of hydrogen-bond donors (Lipinski definition) is 0. The van der Waals surface area contributed by atoms with Gasteiger partial charge in [-0.05, 0) is 12.8 Å². The SMILES string of the molecule is O=C1C2C(C(=O)N1CC1CCCO1)C1(Cl)C(Cl)=C(Cl)C2(Cl)C1(Cl)Cl. The average molecular weight is 454 g/mol. The van der Waals surface area contributed by atoms with Crippen molar-refractivity contribution >= 4 is 81.4 Å². The van der Waals surface area contributed by atoms with Crippen LogP contribution in [-0.4, -0.2) is 50.1 Å². The van der Waals surface area contributed by atoms with Crippen LogP contribution in [0.5, 0.6) is 0 Å². The fourth-order valence-corrected chi connectivity index (χ4v) is 7.15. The molecule has 0 aromatic rings. The van der Waals surface area contributed by atoms with Crippen molar-refractivity contribution in [3.05, 3.63) is 10.1 Å². The predicted molar refractivity (Wildman–Crippen MR) is 93.0 cm³/mol. The van der Waals surface area contributed by atoms with Gasteiger partial charge < -0.3 is 4.74 Å². The summed E-state index contributed by atoms with van der Waals surface area (Å²) in [7, 11) is 0. The molecule has 10 heteroatoms. The molecule has 4 aliphatic rings. The first kappa shape index (κ1) is 18.0. The Kier molecular flexibility index (Phi) is 3.98. The summed E-state index contributed by atoms with van der Waals surface area (Å²) in [5.41, 5.74) is 0. The van der Waals surface area contributed by atoms with E-state index in [1.54, 1.807) is 0 Å². The molecule has 5 atom stereocenters. The van der Waals surface area contributed by atoms with Crippen molar-refractivity contribution in [3.63, 3.8) is 0 Å². The van der Waals surface area contributed by atoms with E-state index in [0.717, 1.165) is 17.7 Å². The van der Waals surface area contributed by atoms with Crippen molar-refractivity contribution in [1.82, 2.24) is 4.90 Å². The van der Waals surface area contributed by atoms with Crippen molar-refractivity contribution in [2.45, 2.75) is 33.0 Å². The Morgan fingerprint density at radius 1 is 1.00 bits per heavy atom. The molecule has 2 amide bonds. The number of halogens is 6. The minimum atomic E-state index is -1.88. The van der Waals surface area contributed by atoms with E-state index in [0.29, 0.717) is 6.61 Å². The van der Waals surface area contributed by atoms with Crippen molar-refractivity contribution in [2.75, 3.05) is 13.2 Å². The third-order valence-corrected chi connectivity index (χ3v) is 9.67. The van der Waals surface area contributed by atoms with Gasteiger partial charge in [-0.3, -0.25) is 14.5 Å².